The summed E-state index contributed by atoms with van der Waals surface area (Å²) in [5, 5.41) is 20.1. The van der Waals surface area contributed by atoms with Crippen LogP contribution in [0.1, 0.15) is 22.5 Å². The highest BCUT2D eigenvalue weighted by Crippen LogP contribution is 2.29. The lowest BCUT2D eigenvalue weighted by atomic mass is 10.2. The van der Waals surface area contributed by atoms with Gasteiger partial charge in [0.05, 0.1) is 4.92 Å². The van der Waals surface area contributed by atoms with Crippen LogP contribution in [0.2, 0.25) is 0 Å². The molecule has 0 aliphatic heterocycles. The van der Waals surface area contributed by atoms with Crippen LogP contribution in [0.3, 0.4) is 0 Å². The highest BCUT2D eigenvalue weighted by Gasteiger charge is 2.14. The topological polar surface area (TPSA) is 102 Å². The van der Waals surface area contributed by atoms with E-state index in [1.165, 1.54) is 24.4 Å². The Labute approximate surface area is 138 Å². The molecule has 7 nitrogen and oxygen atoms in total. The van der Waals surface area contributed by atoms with Gasteiger partial charge in [0, 0.05) is 29.5 Å². The molecule has 0 fully saturated rings. The fourth-order valence-corrected chi connectivity index (χ4v) is 1.96. The highest BCUT2D eigenvalue weighted by molar-refractivity contribution is 5.86. The van der Waals surface area contributed by atoms with Crippen molar-refractivity contribution in [3.8, 4) is 24.2 Å². The second-order valence-corrected chi connectivity index (χ2v) is 4.81. The molecule has 24 heavy (non-hydrogen) atoms. The molecule has 7 heteroatoms. The van der Waals surface area contributed by atoms with Gasteiger partial charge in [0.25, 0.3) is 5.69 Å². The molecule has 0 unspecified atom stereocenters. The average molecular weight is 323 g/mol. The number of rotatable bonds is 5. The van der Waals surface area contributed by atoms with Crippen LogP contribution in [-0.2, 0) is 0 Å². The minimum atomic E-state index is -0.524. The first-order chi connectivity index (χ1) is 11.5. The number of nitro groups is 1. The molecular formula is C17H13N3O4. The van der Waals surface area contributed by atoms with Crippen molar-refractivity contribution in [2.75, 3.05) is 6.61 Å². The Balaban J connectivity index is 2.45. The van der Waals surface area contributed by atoms with Gasteiger partial charge >= 0.3 is 0 Å². The van der Waals surface area contributed by atoms with E-state index in [2.05, 4.69) is 10.9 Å². The minimum absolute atomic E-state index is 0.0149. The van der Waals surface area contributed by atoms with E-state index in [1.807, 2.05) is 6.07 Å². The number of aryl methyl sites for hydroxylation is 1. The molecule has 0 spiro atoms. The molecule has 120 valence electrons. The summed E-state index contributed by atoms with van der Waals surface area (Å²) in [6.07, 6.45) is 6.50. The maximum Gasteiger partial charge on any atom is 0.270 e. The number of hydrogen-bond acceptors (Lipinski definition) is 6. The van der Waals surface area contributed by atoms with Crippen LogP contribution in [0.5, 0.6) is 5.75 Å². The molecule has 0 saturated heterocycles. The molecule has 2 rings (SSSR count). The number of terminal acetylenes is 1. The summed E-state index contributed by atoms with van der Waals surface area (Å²) in [7, 11) is 0. The largest absolute Gasteiger partial charge is 0.480 e. The van der Waals surface area contributed by atoms with Gasteiger partial charge in [-0.1, -0.05) is 5.92 Å². The normalized spacial score (nSPS) is 10.3. The van der Waals surface area contributed by atoms with Gasteiger partial charge in [-0.3, -0.25) is 10.1 Å². The molecule has 0 N–H and O–H groups in total. The van der Waals surface area contributed by atoms with E-state index in [9.17, 15) is 15.4 Å². The Bertz CT molecular complexity index is 898. The summed E-state index contributed by atoms with van der Waals surface area (Å²) < 4.78 is 10.8. The summed E-state index contributed by atoms with van der Waals surface area (Å²) in [6.45, 7) is 3.50. The second-order valence-electron chi connectivity index (χ2n) is 4.81. The maximum atomic E-state index is 10.9. The zero-order valence-electron chi connectivity index (χ0n) is 13.1. The van der Waals surface area contributed by atoms with Gasteiger partial charge in [0.2, 0.25) is 5.88 Å². The van der Waals surface area contributed by atoms with Gasteiger partial charge in [-0.05, 0) is 19.9 Å². The van der Waals surface area contributed by atoms with Gasteiger partial charge in [0.15, 0.2) is 0 Å². The number of aliphatic imine (C=N–C) groups is 1. The van der Waals surface area contributed by atoms with Gasteiger partial charge in [0.1, 0.15) is 29.7 Å². The summed E-state index contributed by atoms with van der Waals surface area (Å²) in [6, 6.07) is 6.09. The third-order valence-electron chi connectivity index (χ3n) is 3.31. The predicted octanol–water partition coefficient (Wildman–Crippen LogP) is 3.44. The second kappa shape index (κ2) is 7.12. The molecule has 0 atom stereocenters. The SMILES string of the molecule is C#CCOc1ccc([N+](=O)[O-])cc1C=Nc1oc(C)c(C)c1C#N. The van der Waals surface area contributed by atoms with Crippen LogP contribution < -0.4 is 4.74 Å². The molecule has 0 amide bonds. The molecule has 0 bridgehead atoms. The van der Waals surface area contributed by atoms with Crippen molar-refractivity contribution in [3.63, 3.8) is 0 Å². The van der Waals surface area contributed by atoms with Crippen LogP contribution in [0, 0.1) is 47.6 Å². The molecule has 2 aromatic rings. The smallest absolute Gasteiger partial charge is 0.270 e. The number of non-ortho nitro benzene ring substituents is 1. The number of ether oxygens (including phenoxy) is 1. The minimum Gasteiger partial charge on any atom is -0.480 e. The van der Waals surface area contributed by atoms with Crippen molar-refractivity contribution in [2.24, 2.45) is 4.99 Å². The van der Waals surface area contributed by atoms with Crippen molar-refractivity contribution < 1.29 is 14.1 Å². The van der Waals surface area contributed by atoms with Crippen LogP contribution in [0.4, 0.5) is 11.6 Å². The number of benzene rings is 1. The van der Waals surface area contributed by atoms with Crippen LogP contribution in [-0.4, -0.2) is 17.7 Å². The van der Waals surface area contributed by atoms with Gasteiger partial charge in [-0.2, -0.15) is 5.26 Å². The summed E-state index contributed by atoms with van der Waals surface area (Å²) in [4.78, 5) is 14.5. The Morgan fingerprint density at radius 1 is 1.50 bits per heavy atom. The zero-order valence-corrected chi connectivity index (χ0v) is 13.1. The molecule has 0 radical (unpaired) electrons. The number of furan rings is 1. The third kappa shape index (κ3) is 3.42. The van der Waals surface area contributed by atoms with Crippen LogP contribution in [0.25, 0.3) is 0 Å². The molecule has 1 heterocycles. The van der Waals surface area contributed by atoms with Crippen molar-refractivity contribution in [1.29, 1.82) is 5.26 Å². The van der Waals surface area contributed by atoms with E-state index in [4.69, 9.17) is 15.6 Å². The lowest BCUT2D eigenvalue weighted by Crippen LogP contribution is -1.99. The van der Waals surface area contributed by atoms with Crippen molar-refractivity contribution in [1.82, 2.24) is 0 Å². The van der Waals surface area contributed by atoms with E-state index in [1.54, 1.807) is 13.8 Å². The first-order valence-electron chi connectivity index (χ1n) is 6.86. The van der Waals surface area contributed by atoms with E-state index < -0.39 is 4.92 Å². The van der Waals surface area contributed by atoms with E-state index >= 15 is 0 Å². The van der Waals surface area contributed by atoms with Gasteiger partial charge in [-0.15, -0.1) is 6.42 Å². The molecule has 0 aliphatic carbocycles. The Hall–Kier alpha value is -3.58. The summed E-state index contributed by atoms with van der Waals surface area (Å²) in [5.74, 6) is 3.39. The quantitative estimate of drug-likeness (QED) is 0.363. The summed E-state index contributed by atoms with van der Waals surface area (Å²) in [5.41, 5.74) is 1.26. The monoisotopic (exact) mass is 323 g/mol. The molecule has 0 aliphatic rings. The van der Waals surface area contributed by atoms with Gasteiger partial charge in [-0.25, -0.2) is 4.99 Å². The fraction of sp³-hybridized carbons (Fsp3) is 0.176. The molecular weight excluding hydrogens is 310 g/mol. The lowest BCUT2D eigenvalue weighted by Gasteiger charge is -2.05. The van der Waals surface area contributed by atoms with Crippen molar-refractivity contribution in [3.05, 3.63) is 50.8 Å². The predicted molar refractivity (Wildman–Crippen MR) is 87.6 cm³/mol. The first kappa shape index (κ1) is 16.8. The third-order valence-corrected chi connectivity index (χ3v) is 3.31. The Kier molecular flexibility index (Phi) is 4.98. The van der Waals surface area contributed by atoms with Crippen LogP contribution in [0.15, 0.2) is 27.6 Å². The number of nitro benzene ring substituents is 1. The number of nitrogens with zero attached hydrogens (tertiary/aromatic N) is 3. The molecule has 1 aromatic carbocycles. The van der Waals surface area contributed by atoms with Gasteiger partial charge < -0.3 is 9.15 Å². The van der Waals surface area contributed by atoms with Crippen molar-refractivity contribution >= 4 is 17.8 Å². The standard InChI is InChI=1S/C17H13N3O4/c1-4-7-23-16-6-5-14(20(21)22)8-13(16)10-19-17-15(9-18)11(2)12(3)24-17/h1,5-6,8,10H,7H2,2-3H3. The number of nitriles is 1. The Morgan fingerprint density at radius 3 is 2.88 bits per heavy atom. The Morgan fingerprint density at radius 2 is 2.25 bits per heavy atom. The molecule has 0 saturated carbocycles. The van der Waals surface area contributed by atoms with E-state index in [0.717, 1.165) is 0 Å². The lowest BCUT2D eigenvalue weighted by molar-refractivity contribution is -0.384. The fourth-order valence-electron chi connectivity index (χ4n) is 1.96. The maximum absolute atomic E-state index is 10.9. The average Bonchev–Trinajstić information content (AvgIpc) is 2.85. The number of hydrogen-bond donors (Lipinski definition) is 0. The zero-order chi connectivity index (χ0) is 17.7. The first-order valence-corrected chi connectivity index (χ1v) is 6.86. The summed E-state index contributed by atoms with van der Waals surface area (Å²) >= 11 is 0. The van der Waals surface area contributed by atoms with Crippen LogP contribution >= 0.6 is 0 Å². The van der Waals surface area contributed by atoms with E-state index in [-0.39, 0.29) is 18.2 Å². The van der Waals surface area contributed by atoms with Crippen molar-refractivity contribution in [2.45, 2.75) is 13.8 Å². The van der Waals surface area contributed by atoms with E-state index in [0.29, 0.717) is 28.2 Å². The highest BCUT2D eigenvalue weighted by atomic mass is 16.6. The molecule has 1 aromatic heterocycles.